The summed E-state index contributed by atoms with van der Waals surface area (Å²) in [5, 5.41) is 3.57. The number of hydrogen-bond donors (Lipinski definition) is 1. The van der Waals surface area contributed by atoms with E-state index in [1.165, 1.54) is 5.56 Å². The number of ether oxygens (including phenoxy) is 1. The number of nitrogens with zero attached hydrogens (tertiary/aromatic N) is 2. The van der Waals surface area contributed by atoms with Gasteiger partial charge in [0.05, 0.1) is 7.11 Å². The summed E-state index contributed by atoms with van der Waals surface area (Å²) in [5.74, 6) is 2.11. The highest BCUT2D eigenvalue weighted by Crippen LogP contribution is 2.17. The predicted molar refractivity (Wildman–Crippen MR) is 85.8 cm³/mol. The number of aryl methyl sites for hydroxylation is 1. The maximum absolute atomic E-state index is 5.38. The van der Waals surface area contributed by atoms with E-state index in [1.54, 1.807) is 7.11 Å². The Kier molecular flexibility index (Phi) is 5.81. The molecular weight excluding hydrogens is 262 g/mol. The molecule has 1 aromatic carbocycles. The lowest BCUT2D eigenvalue weighted by molar-refractivity contribution is 0.407. The average Bonchev–Trinajstić information content (AvgIpc) is 2.94. The van der Waals surface area contributed by atoms with Crippen molar-refractivity contribution in [1.29, 1.82) is 0 Å². The maximum atomic E-state index is 5.38. The van der Waals surface area contributed by atoms with Crippen molar-refractivity contribution >= 4 is 0 Å². The molecule has 0 bridgehead atoms. The molecular formula is C17H25N3O. The molecule has 21 heavy (non-hydrogen) atoms. The Morgan fingerprint density at radius 3 is 2.90 bits per heavy atom. The molecule has 4 heteroatoms. The van der Waals surface area contributed by atoms with Gasteiger partial charge in [0, 0.05) is 31.4 Å². The first-order chi connectivity index (χ1) is 10.2. The molecule has 0 aliphatic rings. The van der Waals surface area contributed by atoms with Crippen molar-refractivity contribution in [3.8, 4) is 5.75 Å². The topological polar surface area (TPSA) is 39.1 Å². The molecule has 0 aliphatic heterocycles. The lowest BCUT2D eigenvalue weighted by Crippen LogP contribution is -2.32. The second kappa shape index (κ2) is 7.84. The molecule has 0 saturated heterocycles. The molecule has 2 rings (SSSR count). The van der Waals surface area contributed by atoms with Gasteiger partial charge in [0.25, 0.3) is 0 Å². The van der Waals surface area contributed by atoms with Crippen LogP contribution in [0.2, 0.25) is 0 Å². The number of rotatable bonds is 8. The molecule has 0 saturated carbocycles. The van der Waals surface area contributed by atoms with Crippen molar-refractivity contribution in [2.24, 2.45) is 0 Å². The van der Waals surface area contributed by atoms with Gasteiger partial charge in [-0.2, -0.15) is 0 Å². The van der Waals surface area contributed by atoms with E-state index in [1.807, 2.05) is 18.3 Å². The fraction of sp³-hybridized carbons (Fsp3) is 0.471. The highest BCUT2D eigenvalue weighted by Gasteiger charge is 2.07. The van der Waals surface area contributed by atoms with E-state index in [-0.39, 0.29) is 0 Å². The van der Waals surface area contributed by atoms with Crippen molar-refractivity contribution in [3.05, 3.63) is 48.0 Å². The van der Waals surface area contributed by atoms with Gasteiger partial charge in [0.15, 0.2) is 0 Å². The Labute approximate surface area is 127 Å². The van der Waals surface area contributed by atoms with Crippen molar-refractivity contribution in [2.45, 2.75) is 39.3 Å². The molecule has 0 fully saturated rings. The van der Waals surface area contributed by atoms with Gasteiger partial charge in [-0.15, -0.1) is 0 Å². The molecule has 0 aliphatic carbocycles. The summed E-state index contributed by atoms with van der Waals surface area (Å²) in [7, 11) is 1.72. The van der Waals surface area contributed by atoms with Crippen molar-refractivity contribution in [2.75, 3.05) is 13.7 Å². The van der Waals surface area contributed by atoms with Gasteiger partial charge in [0.2, 0.25) is 0 Å². The highest BCUT2D eigenvalue weighted by molar-refractivity contribution is 5.33. The first kappa shape index (κ1) is 15.6. The fourth-order valence-corrected chi connectivity index (χ4v) is 2.54. The van der Waals surface area contributed by atoms with Gasteiger partial charge >= 0.3 is 0 Å². The Hall–Kier alpha value is -1.81. The minimum atomic E-state index is 0.416. The van der Waals surface area contributed by atoms with E-state index in [0.717, 1.165) is 37.5 Å². The second-order valence-electron chi connectivity index (χ2n) is 5.27. The number of methoxy groups -OCH3 is 1. The largest absolute Gasteiger partial charge is 0.496 e. The van der Waals surface area contributed by atoms with Crippen molar-refractivity contribution < 1.29 is 4.74 Å². The van der Waals surface area contributed by atoms with Gasteiger partial charge in [-0.05, 0) is 31.5 Å². The van der Waals surface area contributed by atoms with Crippen LogP contribution in [0.5, 0.6) is 5.75 Å². The maximum Gasteiger partial charge on any atom is 0.122 e. The molecule has 1 N–H and O–H groups in total. The third-order valence-corrected chi connectivity index (χ3v) is 3.67. The fourth-order valence-electron chi connectivity index (χ4n) is 2.54. The van der Waals surface area contributed by atoms with Gasteiger partial charge in [-0.1, -0.05) is 25.1 Å². The number of benzene rings is 1. The number of aromatic nitrogens is 2. The zero-order valence-corrected chi connectivity index (χ0v) is 13.2. The Morgan fingerprint density at radius 2 is 2.14 bits per heavy atom. The van der Waals surface area contributed by atoms with Crippen LogP contribution in [0.25, 0.3) is 0 Å². The van der Waals surface area contributed by atoms with Gasteiger partial charge in [-0.25, -0.2) is 4.98 Å². The summed E-state index contributed by atoms with van der Waals surface area (Å²) >= 11 is 0. The first-order valence-corrected chi connectivity index (χ1v) is 7.59. The third kappa shape index (κ3) is 4.33. The SMILES string of the molecule is CCc1nccn1CC(C)NCCc1ccccc1OC. The molecule has 2 aromatic rings. The summed E-state index contributed by atoms with van der Waals surface area (Å²) in [6, 6.07) is 8.61. The van der Waals surface area contributed by atoms with Crippen LogP contribution in [0.4, 0.5) is 0 Å². The minimum Gasteiger partial charge on any atom is -0.496 e. The Balaban J connectivity index is 1.80. The summed E-state index contributed by atoms with van der Waals surface area (Å²) in [6.45, 7) is 6.24. The lowest BCUT2D eigenvalue weighted by atomic mass is 10.1. The van der Waals surface area contributed by atoms with E-state index in [2.05, 4.69) is 47.0 Å². The Morgan fingerprint density at radius 1 is 1.33 bits per heavy atom. The van der Waals surface area contributed by atoms with E-state index in [4.69, 9.17) is 4.74 Å². The van der Waals surface area contributed by atoms with E-state index in [0.29, 0.717) is 6.04 Å². The first-order valence-electron chi connectivity index (χ1n) is 7.59. The van der Waals surface area contributed by atoms with Gasteiger partial charge < -0.3 is 14.6 Å². The summed E-state index contributed by atoms with van der Waals surface area (Å²) in [4.78, 5) is 4.36. The number of para-hydroxylation sites is 1. The number of nitrogens with one attached hydrogen (secondary N) is 1. The Bertz CT molecular complexity index is 550. The summed E-state index contributed by atoms with van der Waals surface area (Å²) in [5.41, 5.74) is 1.25. The monoisotopic (exact) mass is 287 g/mol. The predicted octanol–water partition coefficient (Wildman–Crippen LogP) is 2.67. The van der Waals surface area contributed by atoms with Crippen LogP contribution < -0.4 is 10.1 Å². The van der Waals surface area contributed by atoms with E-state index < -0.39 is 0 Å². The van der Waals surface area contributed by atoms with Gasteiger partial charge in [-0.3, -0.25) is 0 Å². The minimum absolute atomic E-state index is 0.416. The molecule has 0 radical (unpaired) electrons. The molecule has 1 heterocycles. The van der Waals surface area contributed by atoms with E-state index >= 15 is 0 Å². The van der Waals surface area contributed by atoms with Crippen LogP contribution in [0.3, 0.4) is 0 Å². The number of hydrogen-bond acceptors (Lipinski definition) is 3. The standard InChI is InChI=1S/C17H25N3O/c1-4-17-19-11-12-20(17)13-14(2)18-10-9-15-7-5-6-8-16(15)21-3/h5-8,11-12,14,18H,4,9-10,13H2,1-3H3. The van der Waals surface area contributed by atoms with Crippen LogP contribution in [0.15, 0.2) is 36.7 Å². The average molecular weight is 287 g/mol. The zero-order chi connectivity index (χ0) is 15.1. The normalized spacial score (nSPS) is 12.3. The van der Waals surface area contributed by atoms with Crippen LogP contribution >= 0.6 is 0 Å². The molecule has 1 aromatic heterocycles. The van der Waals surface area contributed by atoms with Gasteiger partial charge in [0.1, 0.15) is 11.6 Å². The molecule has 114 valence electrons. The smallest absolute Gasteiger partial charge is 0.122 e. The third-order valence-electron chi connectivity index (χ3n) is 3.67. The van der Waals surface area contributed by atoms with Crippen LogP contribution in [0.1, 0.15) is 25.2 Å². The molecule has 1 atom stereocenters. The lowest BCUT2D eigenvalue weighted by Gasteiger charge is -2.16. The number of imidazole rings is 1. The van der Waals surface area contributed by atoms with Crippen molar-refractivity contribution in [3.63, 3.8) is 0 Å². The van der Waals surface area contributed by atoms with Crippen molar-refractivity contribution in [1.82, 2.24) is 14.9 Å². The van der Waals surface area contributed by atoms with Crippen LogP contribution in [0, 0.1) is 0 Å². The van der Waals surface area contributed by atoms with Crippen LogP contribution in [-0.4, -0.2) is 29.2 Å². The summed E-state index contributed by atoms with van der Waals surface area (Å²) in [6.07, 6.45) is 5.87. The second-order valence-corrected chi connectivity index (χ2v) is 5.27. The molecule has 0 spiro atoms. The summed E-state index contributed by atoms with van der Waals surface area (Å²) < 4.78 is 7.60. The quantitative estimate of drug-likeness (QED) is 0.811. The molecule has 0 amide bonds. The molecule has 4 nitrogen and oxygen atoms in total. The molecule has 1 unspecified atom stereocenters. The van der Waals surface area contributed by atoms with Crippen LogP contribution in [-0.2, 0) is 19.4 Å². The highest BCUT2D eigenvalue weighted by atomic mass is 16.5. The van der Waals surface area contributed by atoms with E-state index in [9.17, 15) is 0 Å². The zero-order valence-electron chi connectivity index (χ0n) is 13.2.